The maximum Gasteiger partial charge on any atom is 0.251 e. The Balaban J connectivity index is 1.32. The first-order valence-electron chi connectivity index (χ1n) is 9.79. The average molecular weight is 371 g/mol. The number of hydrogen-bond donors (Lipinski definition) is 1. The van der Waals surface area contributed by atoms with Gasteiger partial charge in [-0.15, -0.1) is 0 Å². The lowest BCUT2D eigenvalue weighted by molar-refractivity contribution is -0.116. The van der Waals surface area contributed by atoms with Crippen LogP contribution in [0.3, 0.4) is 0 Å². The van der Waals surface area contributed by atoms with Gasteiger partial charge in [-0.2, -0.15) is 4.98 Å². The fourth-order valence-electron chi connectivity index (χ4n) is 3.63. The van der Waals surface area contributed by atoms with Gasteiger partial charge in [0.05, 0.1) is 0 Å². The van der Waals surface area contributed by atoms with Gasteiger partial charge in [-0.1, -0.05) is 18.5 Å². The van der Waals surface area contributed by atoms with Gasteiger partial charge in [0.2, 0.25) is 11.8 Å². The number of nitrogens with zero attached hydrogens (tertiary/aromatic N) is 2. The Morgan fingerprint density at radius 2 is 1.96 bits per heavy atom. The lowest BCUT2D eigenvalue weighted by Gasteiger charge is -2.31. The summed E-state index contributed by atoms with van der Waals surface area (Å²) in [6.07, 6.45) is 7.75. The number of aromatic nitrogens is 2. The Morgan fingerprint density at radius 1 is 1.15 bits per heavy atom. The minimum atomic E-state index is -0.503. The smallest absolute Gasteiger partial charge is 0.251 e. The molecule has 2 heterocycles. The van der Waals surface area contributed by atoms with Gasteiger partial charge >= 0.3 is 0 Å². The first kappa shape index (κ1) is 17.8. The van der Waals surface area contributed by atoms with Crippen molar-refractivity contribution >= 4 is 11.6 Å². The third-order valence-corrected chi connectivity index (χ3v) is 4.98. The maximum atomic E-state index is 12.2. The summed E-state index contributed by atoms with van der Waals surface area (Å²) in [6, 6.07) is 5.54. The molecule has 1 spiro atoms. The van der Waals surface area contributed by atoms with Crippen LogP contribution in [0.1, 0.15) is 63.6 Å². The van der Waals surface area contributed by atoms with E-state index < -0.39 is 5.79 Å². The number of aryl methyl sites for hydroxylation is 2. The molecular weight excluding hydrogens is 346 g/mol. The Bertz CT molecular complexity index is 811. The average Bonchev–Trinajstić information content (AvgIpc) is 3.24. The van der Waals surface area contributed by atoms with E-state index in [4.69, 9.17) is 14.0 Å². The molecule has 1 aromatic heterocycles. The van der Waals surface area contributed by atoms with Crippen molar-refractivity contribution in [2.75, 3.05) is 5.32 Å². The van der Waals surface area contributed by atoms with Crippen molar-refractivity contribution in [1.82, 2.24) is 10.1 Å². The molecule has 0 atom stereocenters. The third-order valence-electron chi connectivity index (χ3n) is 4.98. The van der Waals surface area contributed by atoms with E-state index in [1.54, 1.807) is 0 Å². The largest absolute Gasteiger partial charge is 0.448 e. The van der Waals surface area contributed by atoms with Crippen LogP contribution in [0.15, 0.2) is 22.7 Å². The number of carbonyl (C=O) groups excluding carboxylic acids is 1. The molecule has 1 aromatic carbocycles. The molecule has 0 radical (unpaired) electrons. The summed E-state index contributed by atoms with van der Waals surface area (Å²) in [7, 11) is 0. The molecule has 2 aliphatic rings. The van der Waals surface area contributed by atoms with Crippen molar-refractivity contribution in [2.24, 2.45) is 0 Å². The monoisotopic (exact) mass is 371 g/mol. The quantitative estimate of drug-likeness (QED) is 0.825. The Hall–Kier alpha value is -2.57. The highest BCUT2D eigenvalue weighted by Crippen LogP contribution is 2.46. The van der Waals surface area contributed by atoms with Crippen molar-refractivity contribution in [1.29, 1.82) is 0 Å². The number of fused-ring (bicyclic) bond motifs is 1. The molecule has 144 valence electrons. The molecule has 1 amide bonds. The maximum absolute atomic E-state index is 12.2. The summed E-state index contributed by atoms with van der Waals surface area (Å²) in [5.74, 6) is 2.05. The Labute approximate surface area is 158 Å². The standard InChI is InChI=1S/C20H25N3O4/c1-2-6-17-22-19(27-23-17)10-9-18(24)21-14-7-8-15-16(13-14)26-20(25-15)11-4-3-5-12-20/h7-8,13H,2-6,9-12H2,1H3,(H,21,24). The molecule has 2 aromatic rings. The lowest BCUT2D eigenvalue weighted by atomic mass is 9.94. The van der Waals surface area contributed by atoms with E-state index >= 15 is 0 Å². The van der Waals surface area contributed by atoms with Crippen LogP contribution in [0.5, 0.6) is 11.5 Å². The number of amides is 1. The van der Waals surface area contributed by atoms with E-state index in [-0.39, 0.29) is 12.3 Å². The highest BCUT2D eigenvalue weighted by molar-refractivity contribution is 5.91. The first-order valence-corrected chi connectivity index (χ1v) is 9.79. The molecule has 1 N–H and O–H groups in total. The molecule has 4 rings (SSSR count). The van der Waals surface area contributed by atoms with Crippen molar-refractivity contribution in [3.63, 3.8) is 0 Å². The number of benzene rings is 1. The predicted molar refractivity (Wildman–Crippen MR) is 98.8 cm³/mol. The molecule has 1 aliphatic heterocycles. The van der Waals surface area contributed by atoms with E-state index in [2.05, 4.69) is 22.4 Å². The van der Waals surface area contributed by atoms with Gasteiger partial charge in [0.1, 0.15) is 0 Å². The van der Waals surface area contributed by atoms with E-state index in [1.807, 2.05) is 18.2 Å². The molecule has 1 fully saturated rings. The van der Waals surface area contributed by atoms with Crippen LogP contribution in [-0.4, -0.2) is 21.8 Å². The SMILES string of the molecule is CCCc1noc(CCC(=O)Nc2ccc3c(c2)OC2(CCCCC2)O3)n1. The van der Waals surface area contributed by atoms with E-state index in [0.29, 0.717) is 29.6 Å². The van der Waals surface area contributed by atoms with Gasteiger partial charge in [0.25, 0.3) is 5.79 Å². The minimum absolute atomic E-state index is 0.100. The molecule has 0 unspecified atom stereocenters. The van der Waals surface area contributed by atoms with Gasteiger partial charge in [0.15, 0.2) is 17.3 Å². The van der Waals surface area contributed by atoms with Gasteiger partial charge in [-0.05, 0) is 31.4 Å². The van der Waals surface area contributed by atoms with Crippen LogP contribution < -0.4 is 14.8 Å². The minimum Gasteiger partial charge on any atom is -0.448 e. The molecular formula is C20H25N3O4. The van der Waals surface area contributed by atoms with E-state index in [1.165, 1.54) is 6.42 Å². The highest BCUT2D eigenvalue weighted by atomic mass is 16.7. The van der Waals surface area contributed by atoms with Crippen LogP contribution in [0.2, 0.25) is 0 Å². The van der Waals surface area contributed by atoms with Crippen LogP contribution >= 0.6 is 0 Å². The van der Waals surface area contributed by atoms with Crippen LogP contribution in [0, 0.1) is 0 Å². The predicted octanol–water partition coefficient (Wildman–Crippen LogP) is 4.03. The Morgan fingerprint density at radius 3 is 2.78 bits per heavy atom. The van der Waals surface area contributed by atoms with Gasteiger partial charge < -0.3 is 19.3 Å². The summed E-state index contributed by atoms with van der Waals surface area (Å²) >= 11 is 0. The van der Waals surface area contributed by atoms with Crippen molar-refractivity contribution in [3.8, 4) is 11.5 Å². The van der Waals surface area contributed by atoms with Crippen molar-refractivity contribution < 1.29 is 18.8 Å². The number of nitrogens with one attached hydrogen (secondary N) is 1. The van der Waals surface area contributed by atoms with E-state index in [9.17, 15) is 4.79 Å². The molecule has 27 heavy (non-hydrogen) atoms. The fourth-order valence-corrected chi connectivity index (χ4v) is 3.63. The molecule has 7 heteroatoms. The van der Waals surface area contributed by atoms with Crippen LogP contribution in [0.4, 0.5) is 5.69 Å². The number of ether oxygens (including phenoxy) is 2. The van der Waals surface area contributed by atoms with Gasteiger partial charge in [-0.25, -0.2) is 0 Å². The lowest BCUT2D eigenvalue weighted by Crippen LogP contribution is -2.40. The summed E-state index contributed by atoms with van der Waals surface area (Å²) < 4.78 is 17.3. The first-order chi connectivity index (χ1) is 13.2. The zero-order valence-corrected chi connectivity index (χ0v) is 15.6. The second kappa shape index (κ2) is 7.58. The number of rotatable bonds is 6. The molecule has 1 saturated carbocycles. The summed E-state index contributed by atoms with van der Waals surface area (Å²) in [4.78, 5) is 16.5. The fraction of sp³-hybridized carbons (Fsp3) is 0.550. The highest BCUT2D eigenvalue weighted by Gasteiger charge is 2.42. The second-order valence-corrected chi connectivity index (χ2v) is 7.24. The number of hydrogen-bond acceptors (Lipinski definition) is 6. The molecule has 0 saturated heterocycles. The van der Waals surface area contributed by atoms with Gasteiger partial charge in [0, 0.05) is 43.9 Å². The summed E-state index contributed by atoms with van der Waals surface area (Å²) in [5, 5.41) is 6.80. The third kappa shape index (κ3) is 4.07. The molecule has 0 bridgehead atoms. The summed E-state index contributed by atoms with van der Waals surface area (Å²) in [6.45, 7) is 2.06. The Kier molecular flexibility index (Phi) is 5.01. The number of anilines is 1. The summed E-state index contributed by atoms with van der Waals surface area (Å²) in [5.41, 5.74) is 0.701. The van der Waals surface area contributed by atoms with Crippen molar-refractivity contribution in [3.05, 3.63) is 29.9 Å². The molecule has 7 nitrogen and oxygen atoms in total. The van der Waals surface area contributed by atoms with Crippen molar-refractivity contribution in [2.45, 2.75) is 70.5 Å². The normalized spacial score (nSPS) is 17.2. The van der Waals surface area contributed by atoms with Gasteiger partial charge in [-0.3, -0.25) is 4.79 Å². The zero-order valence-electron chi connectivity index (χ0n) is 15.6. The second-order valence-electron chi connectivity index (χ2n) is 7.24. The van der Waals surface area contributed by atoms with Crippen LogP contribution in [-0.2, 0) is 17.6 Å². The zero-order chi connectivity index (χ0) is 18.7. The topological polar surface area (TPSA) is 86.5 Å². The van der Waals surface area contributed by atoms with Crippen LogP contribution in [0.25, 0.3) is 0 Å². The number of carbonyl (C=O) groups is 1. The molecule has 1 aliphatic carbocycles. The van der Waals surface area contributed by atoms with E-state index in [0.717, 1.165) is 44.3 Å².